The molecule has 0 radical (unpaired) electrons. The molecule has 4 heteroatoms. The van der Waals surface area contributed by atoms with E-state index in [2.05, 4.69) is 16.0 Å². The number of hydrogen-bond donors (Lipinski definition) is 0. The Morgan fingerprint density at radius 2 is 1.05 bits per heavy atom. The van der Waals surface area contributed by atoms with Crippen molar-refractivity contribution in [1.82, 2.24) is 0 Å². The summed E-state index contributed by atoms with van der Waals surface area (Å²) in [5.74, 6) is 0.0366. The van der Waals surface area contributed by atoms with Gasteiger partial charge < -0.3 is 0 Å². The molecule has 4 nitrogen and oxygen atoms in total. The second kappa shape index (κ2) is 6.55. The van der Waals surface area contributed by atoms with Crippen LogP contribution in [0.3, 0.4) is 0 Å². The molecule has 2 aromatic carbocycles. The molecule has 0 fully saturated rings. The fraction of sp³-hybridized carbons (Fsp3) is 0.118. The Morgan fingerprint density at radius 1 is 0.714 bits per heavy atom. The summed E-state index contributed by atoms with van der Waals surface area (Å²) < 4.78 is 0. The Morgan fingerprint density at radius 3 is 1.33 bits per heavy atom. The van der Waals surface area contributed by atoms with Crippen LogP contribution < -0.4 is 0 Å². The number of ketones is 2. The molecule has 2 aromatic rings. The lowest BCUT2D eigenvalue weighted by atomic mass is 10.1. The zero-order valence-electron chi connectivity index (χ0n) is 11.8. The van der Waals surface area contributed by atoms with E-state index in [1.807, 2.05) is 0 Å². The van der Waals surface area contributed by atoms with E-state index >= 15 is 0 Å². The SMILES string of the molecule is CC(=O)c1ccc(N=C=Nc2ccc(C(C)=O)cc2)cc1. The van der Waals surface area contributed by atoms with Gasteiger partial charge in [0.15, 0.2) is 11.6 Å². The van der Waals surface area contributed by atoms with Crippen molar-refractivity contribution in [3.63, 3.8) is 0 Å². The van der Waals surface area contributed by atoms with E-state index in [1.54, 1.807) is 48.5 Å². The maximum Gasteiger partial charge on any atom is 0.159 e. The lowest BCUT2D eigenvalue weighted by Crippen LogP contribution is -1.89. The Bertz CT molecular complexity index is 661. The lowest BCUT2D eigenvalue weighted by molar-refractivity contribution is 0.100. The van der Waals surface area contributed by atoms with Gasteiger partial charge >= 0.3 is 0 Å². The van der Waals surface area contributed by atoms with Crippen LogP contribution in [0.2, 0.25) is 0 Å². The summed E-state index contributed by atoms with van der Waals surface area (Å²) in [6, 6.07) is 16.4. The molecule has 0 N–H and O–H groups in total. The first-order valence-corrected chi connectivity index (χ1v) is 6.45. The second-order valence-corrected chi connectivity index (χ2v) is 4.53. The van der Waals surface area contributed by atoms with Crippen molar-refractivity contribution in [3.05, 3.63) is 59.7 Å². The van der Waals surface area contributed by atoms with E-state index < -0.39 is 0 Å². The molecule has 21 heavy (non-hydrogen) atoms. The number of carbonyl (C=O) groups excluding carboxylic acids is 2. The average Bonchev–Trinajstić information content (AvgIpc) is 2.48. The van der Waals surface area contributed by atoms with Gasteiger partial charge in [-0.25, -0.2) is 0 Å². The zero-order chi connectivity index (χ0) is 15.2. The summed E-state index contributed by atoms with van der Waals surface area (Å²) in [5.41, 5.74) is 2.63. The van der Waals surface area contributed by atoms with Crippen molar-refractivity contribution < 1.29 is 9.59 Å². The molecule has 0 atom stereocenters. The molecule has 0 aromatic heterocycles. The summed E-state index contributed by atoms with van der Waals surface area (Å²) in [6.45, 7) is 3.04. The zero-order valence-corrected chi connectivity index (χ0v) is 11.8. The minimum absolute atomic E-state index is 0.0183. The first-order chi connectivity index (χ1) is 10.1. The topological polar surface area (TPSA) is 58.9 Å². The van der Waals surface area contributed by atoms with Gasteiger partial charge in [0, 0.05) is 11.1 Å². The number of nitrogens with zero attached hydrogens (tertiary/aromatic N) is 2. The van der Waals surface area contributed by atoms with Crippen LogP contribution in [0.5, 0.6) is 0 Å². The van der Waals surface area contributed by atoms with Crippen LogP contribution in [-0.4, -0.2) is 17.6 Å². The molecule has 0 amide bonds. The Labute approximate surface area is 122 Å². The molecule has 0 aliphatic carbocycles. The van der Waals surface area contributed by atoms with E-state index in [4.69, 9.17) is 0 Å². The summed E-state index contributed by atoms with van der Waals surface area (Å²) in [6.07, 6.45) is 0. The standard InChI is InChI=1S/C17H14N2O2/c1-12(20)14-3-7-16(8-4-14)18-11-19-17-9-5-15(6-10-17)13(2)21/h3-10H,1-2H3. The first kappa shape index (κ1) is 14.6. The molecule has 0 aliphatic rings. The maximum absolute atomic E-state index is 11.1. The molecule has 0 spiro atoms. The van der Waals surface area contributed by atoms with Gasteiger partial charge in [-0.05, 0) is 62.4 Å². The van der Waals surface area contributed by atoms with Crippen LogP contribution in [-0.2, 0) is 0 Å². The molecule has 0 aliphatic heterocycles. The predicted molar refractivity (Wildman–Crippen MR) is 82.1 cm³/mol. The minimum Gasteiger partial charge on any atom is -0.295 e. The van der Waals surface area contributed by atoms with Gasteiger partial charge in [0.2, 0.25) is 0 Å². The average molecular weight is 278 g/mol. The minimum atomic E-state index is 0.0183. The van der Waals surface area contributed by atoms with Gasteiger partial charge in [-0.1, -0.05) is 0 Å². The van der Waals surface area contributed by atoms with Crippen molar-refractivity contribution in [1.29, 1.82) is 0 Å². The monoisotopic (exact) mass is 278 g/mol. The Hall–Kier alpha value is -2.84. The highest BCUT2D eigenvalue weighted by Crippen LogP contribution is 2.14. The van der Waals surface area contributed by atoms with Crippen molar-refractivity contribution >= 4 is 28.9 Å². The molecule has 0 unspecified atom stereocenters. The Balaban J connectivity index is 2.12. The number of carbonyl (C=O) groups is 2. The maximum atomic E-state index is 11.1. The summed E-state index contributed by atoms with van der Waals surface area (Å²) in [7, 11) is 0. The van der Waals surface area contributed by atoms with Crippen molar-refractivity contribution in [2.24, 2.45) is 9.98 Å². The highest BCUT2D eigenvalue weighted by Gasteiger charge is 1.98. The van der Waals surface area contributed by atoms with E-state index in [1.165, 1.54) is 13.8 Å². The van der Waals surface area contributed by atoms with Crippen LogP contribution in [0.15, 0.2) is 58.5 Å². The van der Waals surface area contributed by atoms with Crippen molar-refractivity contribution in [2.45, 2.75) is 13.8 Å². The quantitative estimate of drug-likeness (QED) is 0.620. The van der Waals surface area contributed by atoms with Crippen LogP contribution >= 0.6 is 0 Å². The number of hydrogen-bond acceptors (Lipinski definition) is 4. The molecular formula is C17H14N2O2. The van der Waals surface area contributed by atoms with Crippen molar-refractivity contribution in [2.75, 3.05) is 0 Å². The van der Waals surface area contributed by atoms with Gasteiger partial charge in [-0.2, -0.15) is 9.98 Å². The molecule has 0 bridgehead atoms. The third kappa shape index (κ3) is 4.06. The lowest BCUT2D eigenvalue weighted by Gasteiger charge is -1.95. The third-order valence-corrected chi connectivity index (χ3v) is 2.91. The summed E-state index contributed by atoms with van der Waals surface area (Å²) in [4.78, 5) is 30.4. The van der Waals surface area contributed by atoms with Crippen molar-refractivity contribution in [3.8, 4) is 0 Å². The van der Waals surface area contributed by atoms with E-state index in [-0.39, 0.29) is 11.6 Å². The largest absolute Gasteiger partial charge is 0.295 e. The molecular weight excluding hydrogens is 264 g/mol. The number of benzene rings is 2. The van der Waals surface area contributed by atoms with E-state index in [9.17, 15) is 9.59 Å². The molecule has 0 saturated carbocycles. The highest BCUT2D eigenvalue weighted by atomic mass is 16.1. The summed E-state index contributed by atoms with van der Waals surface area (Å²) in [5, 5.41) is 0. The first-order valence-electron chi connectivity index (χ1n) is 6.45. The predicted octanol–water partition coefficient (Wildman–Crippen LogP) is 4.23. The summed E-state index contributed by atoms with van der Waals surface area (Å²) >= 11 is 0. The van der Waals surface area contributed by atoms with Gasteiger partial charge in [0.1, 0.15) is 6.01 Å². The van der Waals surface area contributed by atoms with Crippen LogP contribution in [0, 0.1) is 0 Å². The van der Waals surface area contributed by atoms with Gasteiger partial charge in [0.25, 0.3) is 0 Å². The van der Waals surface area contributed by atoms with Crippen LogP contribution in [0.1, 0.15) is 34.6 Å². The van der Waals surface area contributed by atoms with Gasteiger partial charge in [-0.3, -0.25) is 9.59 Å². The third-order valence-electron chi connectivity index (χ3n) is 2.91. The van der Waals surface area contributed by atoms with E-state index in [0.717, 1.165) is 0 Å². The fourth-order valence-electron chi connectivity index (χ4n) is 1.68. The second-order valence-electron chi connectivity index (χ2n) is 4.53. The highest BCUT2D eigenvalue weighted by molar-refractivity contribution is 5.94. The smallest absolute Gasteiger partial charge is 0.159 e. The van der Waals surface area contributed by atoms with Crippen LogP contribution in [0.4, 0.5) is 11.4 Å². The number of Topliss-reactive ketones (excluding diaryl/α,β-unsaturated/α-hetero) is 2. The normalized spacial score (nSPS) is 9.62. The van der Waals surface area contributed by atoms with Crippen LogP contribution in [0.25, 0.3) is 0 Å². The molecule has 104 valence electrons. The molecule has 0 saturated heterocycles. The number of rotatable bonds is 4. The van der Waals surface area contributed by atoms with E-state index in [0.29, 0.717) is 22.5 Å². The number of aliphatic imine (C=N–C) groups is 2. The molecule has 2 rings (SSSR count). The fourth-order valence-corrected chi connectivity index (χ4v) is 1.68. The van der Waals surface area contributed by atoms with Gasteiger partial charge in [0.05, 0.1) is 11.4 Å². The van der Waals surface area contributed by atoms with Gasteiger partial charge in [-0.15, -0.1) is 0 Å². The Kier molecular flexibility index (Phi) is 4.54. The molecule has 0 heterocycles.